The van der Waals surface area contributed by atoms with Gasteiger partial charge in [0.2, 0.25) is 0 Å². The topological polar surface area (TPSA) is 38.9 Å². The molecule has 0 saturated carbocycles. The summed E-state index contributed by atoms with van der Waals surface area (Å²) in [5.41, 5.74) is 6.60. The maximum absolute atomic E-state index is 12.9. The average Bonchev–Trinajstić information content (AvgIpc) is 2.75. The molecule has 2 nitrogen and oxygen atoms in total. The second kappa shape index (κ2) is 5.47. The van der Waals surface area contributed by atoms with Gasteiger partial charge in [0.25, 0.3) is 0 Å². The van der Waals surface area contributed by atoms with Gasteiger partial charge in [-0.15, -0.1) is 11.3 Å². The fraction of sp³-hybridized carbons (Fsp3) is 0.308. The molecular formula is C13H14BrFN2S. The predicted molar refractivity (Wildman–Crippen MR) is 76.1 cm³/mol. The summed E-state index contributed by atoms with van der Waals surface area (Å²) in [5.74, 6) is -0.338. The molecule has 96 valence electrons. The highest BCUT2D eigenvalue weighted by Gasteiger charge is 2.28. The van der Waals surface area contributed by atoms with E-state index in [0.717, 1.165) is 16.6 Å². The minimum absolute atomic E-state index is 0.338. The number of halogens is 2. The molecular weight excluding hydrogens is 315 g/mol. The van der Waals surface area contributed by atoms with E-state index < -0.39 is 5.54 Å². The zero-order chi connectivity index (χ0) is 13.2. The van der Waals surface area contributed by atoms with Crippen molar-refractivity contribution in [1.29, 1.82) is 0 Å². The van der Waals surface area contributed by atoms with Crippen LogP contribution in [0.25, 0.3) is 0 Å². The maximum Gasteiger partial charge on any atom is 0.141 e. The summed E-state index contributed by atoms with van der Waals surface area (Å²) in [7, 11) is 0. The Kier molecular flexibility index (Phi) is 4.14. The van der Waals surface area contributed by atoms with Crippen molar-refractivity contribution in [2.45, 2.75) is 25.3 Å². The quantitative estimate of drug-likeness (QED) is 0.925. The maximum atomic E-state index is 12.9. The summed E-state index contributed by atoms with van der Waals surface area (Å²) in [6.45, 7) is 2.02. The van der Waals surface area contributed by atoms with Gasteiger partial charge in [0, 0.05) is 15.8 Å². The van der Waals surface area contributed by atoms with Gasteiger partial charge >= 0.3 is 0 Å². The van der Waals surface area contributed by atoms with Crippen molar-refractivity contribution < 1.29 is 4.39 Å². The molecule has 2 rings (SSSR count). The van der Waals surface area contributed by atoms with E-state index in [1.807, 2.05) is 18.4 Å². The fourth-order valence-corrected chi connectivity index (χ4v) is 3.42. The largest absolute Gasteiger partial charge is 0.320 e. The van der Waals surface area contributed by atoms with Crippen LogP contribution in [0.2, 0.25) is 0 Å². The summed E-state index contributed by atoms with van der Waals surface area (Å²) in [4.78, 5) is 5.31. The van der Waals surface area contributed by atoms with Crippen LogP contribution in [0.4, 0.5) is 4.39 Å². The number of hydrogen-bond acceptors (Lipinski definition) is 3. The summed E-state index contributed by atoms with van der Waals surface area (Å²) in [6.07, 6.45) is 2.66. The van der Waals surface area contributed by atoms with Crippen LogP contribution in [0.3, 0.4) is 0 Å². The molecule has 0 aliphatic carbocycles. The van der Waals surface area contributed by atoms with E-state index in [2.05, 4.69) is 20.9 Å². The van der Waals surface area contributed by atoms with Crippen LogP contribution in [-0.4, -0.2) is 4.98 Å². The monoisotopic (exact) mass is 328 g/mol. The standard InChI is InChI=1S/C13H14BrFN2S/c1-2-13(16,7-11-10(14)5-6-18-11)12-4-3-9(15)8-17-12/h3-6,8H,2,7,16H2,1H3. The summed E-state index contributed by atoms with van der Waals surface area (Å²) in [5, 5.41) is 2.02. The Morgan fingerprint density at radius 2 is 2.22 bits per heavy atom. The molecule has 0 saturated heterocycles. The van der Waals surface area contributed by atoms with Gasteiger partial charge in [-0.05, 0) is 45.9 Å². The molecule has 0 radical (unpaired) electrons. The lowest BCUT2D eigenvalue weighted by Crippen LogP contribution is -2.39. The van der Waals surface area contributed by atoms with Crippen molar-refractivity contribution in [3.63, 3.8) is 0 Å². The number of thiophene rings is 1. The van der Waals surface area contributed by atoms with Gasteiger partial charge < -0.3 is 5.73 Å². The second-order valence-corrected chi connectivity index (χ2v) is 6.09. The number of nitrogens with two attached hydrogens (primary N) is 1. The Hall–Kier alpha value is -0.780. The van der Waals surface area contributed by atoms with Crippen LogP contribution in [0.5, 0.6) is 0 Å². The first-order valence-corrected chi connectivity index (χ1v) is 7.35. The van der Waals surface area contributed by atoms with Crippen molar-refractivity contribution >= 4 is 27.3 Å². The molecule has 5 heteroatoms. The lowest BCUT2D eigenvalue weighted by Gasteiger charge is -2.27. The minimum atomic E-state index is -0.554. The molecule has 2 N–H and O–H groups in total. The highest BCUT2D eigenvalue weighted by Crippen LogP contribution is 2.31. The first-order chi connectivity index (χ1) is 8.55. The van der Waals surface area contributed by atoms with Crippen molar-refractivity contribution in [2.24, 2.45) is 5.73 Å². The molecule has 0 aliphatic heterocycles. The Morgan fingerprint density at radius 1 is 1.44 bits per heavy atom. The number of hydrogen-bond donors (Lipinski definition) is 1. The molecule has 0 amide bonds. The van der Waals surface area contributed by atoms with Crippen molar-refractivity contribution in [3.05, 3.63) is 50.6 Å². The summed E-state index contributed by atoms with van der Waals surface area (Å²) < 4.78 is 14.0. The van der Waals surface area contributed by atoms with Crippen LogP contribution < -0.4 is 5.73 Å². The zero-order valence-corrected chi connectivity index (χ0v) is 12.4. The van der Waals surface area contributed by atoms with Gasteiger partial charge in [-0.2, -0.15) is 0 Å². The lowest BCUT2D eigenvalue weighted by molar-refractivity contribution is 0.413. The highest BCUT2D eigenvalue weighted by atomic mass is 79.9. The molecule has 0 aromatic carbocycles. The Morgan fingerprint density at radius 3 is 2.72 bits per heavy atom. The first kappa shape index (κ1) is 13.6. The van der Waals surface area contributed by atoms with Crippen LogP contribution in [0.1, 0.15) is 23.9 Å². The molecule has 0 fully saturated rings. The Balaban J connectivity index is 2.30. The van der Waals surface area contributed by atoms with E-state index in [9.17, 15) is 4.39 Å². The van der Waals surface area contributed by atoms with Gasteiger partial charge in [-0.25, -0.2) is 4.39 Å². The van der Waals surface area contributed by atoms with E-state index in [-0.39, 0.29) is 5.82 Å². The third-order valence-electron chi connectivity index (χ3n) is 3.04. The fourth-order valence-electron chi connectivity index (χ4n) is 1.80. The SMILES string of the molecule is CCC(N)(Cc1sccc1Br)c1ccc(F)cn1. The third-order valence-corrected chi connectivity index (χ3v) is 4.96. The van der Waals surface area contributed by atoms with Crippen molar-refractivity contribution in [2.75, 3.05) is 0 Å². The molecule has 0 bridgehead atoms. The summed E-state index contributed by atoms with van der Waals surface area (Å²) in [6, 6.07) is 5.08. The third kappa shape index (κ3) is 2.79. The van der Waals surface area contributed by atoms with E-state index in [1.165, 1.54) is 17.1 Å². The van der Waals surface area contributed by atoms with Gasteiger partial charge in [0.1, 0.15) is 5.82 Å². The van der Waals surface area contributed by atoms with E-state index in [4.69, 9.17) is 5.73 Å². The number of rotatable bonds is 4. The minimum Gasteiger partial charge on any atom is -0.320 e. The molecule has 0 aliphatic rings. The molecule has 2 aromatic rings. The highest BCUT2D eigenvalue weighted by molar-refractivity contribution is 9.10. The molecule has 2 heterocycles. The van der Waals surface area contributed by atoms with E-state index >= 15 is 0 Å². The lowest BCUT2D eigenvalue weighted by atomic mass is 9.88. The smallest absolute Gasteiger partial charge is 0.141 e. The molecule has 1 unspecified atom stereocenters. The van der Waals surface area contributed by atoms with Crippen LogP contribution in [-0.2, 0) is 12.0 Å². The molecule has 18 heavy (non-hydrogen) atoms. The second-order valence-electron chi connectivity index (χ2n) is 4.24. The average molecular weight is 329 g/mol. The van der Waals surface area contributed by atoms with Crippen LogP contribution >= 0.6 is 27.3 Å². The van der Waals surface area contributed by atoms with Gasteiger partial charge in [-0.1, -0.05) is 6.92 Å². The number of nitrogens with zero attached hydrogens (tertiary/aromatic N) is 1. The van der Waals surface area contributed by atoms with E-state index in [0.29, 0.717) is 6.42 Å². The Labute approximate surface area is 118 Å². The number of pyridine rings is 1. The number of aromatic nitrogens is 1. The first-order valence-electron chi connectivity index (χ1n) is 5.68. The van der Waals surface area contributed by atoms with Crippen LogP contribution in [0, 0.1) is 5.82 Å². The Bertz CT molecular complexity index is 526. The van der Waals surface area contributed by atoms with Crippen LogP contribution in [0.15, 0.2) is 34.2 Å². The van der Waals surface area contributed by atoms with E-state index in [1.54, 1.807) is 17.4 Å². The van der Waals surface area contributed by atoms with Crippen molar-refractivity contribution in [1.82, 2.24) is 4.98 Å². The molecule has 1 atom stereocenters. The summed E-state index contributed by atoms with van der Waals surface area (Å²) >= 11 is 5.17. The predicted octanol–water partition coefficient (Wildman–Crippen LogP) is 3.85. The van der Waals surface area contributed by atoms with Gasteiger partial charge in [0.15, 0.2) is 0 Å². The molecule has 0 spiro atoms. The zero-order valence-electron chi connectivity index (χ0n) is 9.99. The van der Waals surface area contributed by atoms with Gasteiger partial charge in [-0.3, -0.25) is 4.98 Å². The normalized spacial score (nSPS) is 14.4. The molecule has 2 aromatic heterocycles. The van der Waals surface area contributed by atoms with Gasteiger partial charge in [0.05, 0.1) is 17.4 Å². The van der Waals surface area contributed by atoms with Crippen molar-refractivity contribution in [3.8, 4) is 0 Å².